The molecule has 108 valence electrons. The minimum absolute atomic E-state index is 0.0860. The van der Waals surface area contributed by atoms with Crippen LogP contribution in [0.5, 0.6) is 0 Å². The largest absolute Gasteiger partial charge is 0.399 e. The summed E-state index contributed by atoms with van der Waals surface area (Å²) in [7, 11) is 0. The Labute approximate surface area is 120 Å². The van der Waals surface area contributed by atoms with E-state index in [0.29, 0.717) is 12.5 Å². The zero-order chi connectivity index (χ0) is 14.0. The first-order valence-corrected chi connectivity index (χ1v) is 7.54. The number of carbonyl (C=O) groups excluding carboxylic acids is 1. The van der Waals surface area contributed by atoms with Crippen molar-refractivity contribution in [2.24, 2.45) is 5.41 Å². The van der Waals surface area contributed by atoms with Gasteiger partial charge in [0.15, 0.2) is 0 Å². The van der Waals surface area contributed by atoms with Crippen LogP contribution in [-0.2, 0) is 11.3 Å². The number of likely N-dealkylation sites (tertiary alicyclic amines) is 1. The Morgan fingerprint density at radius 2 is 1.85 bits per heavy atom. The van der Waals surface area contributed by atoms with Crippen LogP contribution in [0.2, 0.25) is 0 Å². The molecule has 4 heteroatoms. The summed E-state index contributed by atoms with van der Waals surface area (Å²) in [4.78, 5) is 14.9. The van der Waals surface area contributed by atoms with E-state index in [2.05, 4.69) is 5.32 Å². The molecule has 2 aliphatic heterocycles. The van der Waals surface area contributed by atoms with E-state index in [1.807, 2.05) is 29.2 Å². The molecule has 0 aromatic heterocycles. The number of rotatable bonds is 2. The average Bonchev–Trinajstić information content (AvgIpc) is 2.47. The van der Waals surface area contributed by atoms with Crippen molar-refractivity contribution in [2.75, 3.05) is 25.4 Å². The Hall–Kier alpha value is -1.55. The number of nitrogens with two attached hydrogens (primary N) is 1. The van der Waals surface area contributed by atoms with Gasteiger partial charge in [-0.05, 0) is 56.5 Å². The predicted octanol–water partition coefficient (Wildman–Crippen LogP) is 1.76. The highest BCUT2D eigenvalue weighted by atomic mass is 16.2. The number of nitrogen functional groups attached to an aromatic ring is 1. The number of anilines is 1. The maximum Gasteiger partial charge on any atom is 0.229 e. The number of benzene rings is 1. The van der Waals surface area contributed by atoms with Crippen LogP contribution >= 0.6 is 0 Å². The molecule has 1 aromatic rings. The van der Waals surface area contributed by atoms with Gasteiger partial charge >= 0.3 is 0 Å². The molecular formula is C16H23N3O. The number of nitrogens with one attached hydrogen (secondary N) is 1. The molecule has 4 nitrogen and oxygen atoms in total. The van der Waals surface area contributed by atoms with Crippen molar-refractivity contribution in [3.05, 3.63) is 29.8 Å². The molecular weight excluding hydrogens is 250 g/mol. The van der Waals surface area contributed by atoms with Crippen molar-refractivity contribution >= 4 is 11.6 Å². The van der Waals surface area contributed by atoms with Gasteiger partial charge in [0.2, 0.25) is 5.91 Å². The topological polar surface area (TPSA) is 58.4 Å². The van der Waals surface area contributed by atoms with Crippen LogP contribution in [0, 0.1) is 5.41 Å². The normalized spacial score (nSPS) is 22.2. The van der Waals surface area contributed by atoms with E-state index in [-0.39, 0.29) is 5.41 Å². The fourth-order valence-corrected chi connectivity index (χ4v) is 3.52. The summed E-state index contributed by atoms with van der Waals surface area (Å²) < 4.78 is 0. The van der Waals surface area contributed by atoms with Gasteiger partial charge in [0.25, 0.3) is 0 Å². The molecule has 2 heterocycles. The molecule has 1 amide bonds. The third kappa shape index (κ3) is 2.52. The van der Waals surface area contributed by atoms with Crippen LogP contribution in [0.4, 0.5) is 5.69 Å². The summed E-state index contributed by atoms with van der Waals surface area (Å²) in [5.74, 6) is 0.363. The first-order chi connectivity index (χ1) is 9.70. The third-order valence-corrected chi connectivity index (χ3v) is 4.74. The van der Waals surface area contributed by atoms with E-state index < -0.39 is 0 Å². The number of piperidine rings is 2. The highest BCUT2D eigenvalue weighted by Gasteiger charge is 2.44. The Bertz CT molecular complexity index is 471. The standard InChI is InChI=1S/C16H23N3O/c17-14-4-2-13(3-5-14)12-19-11-1-6-16(15(19)20)7-9-18-10-8-16/h2-5,18H,1,6-12,17H2. The SMILES string of the molecule is Nc1ccc(CN2CCCC3(CCNCC3)C2=O)cc1. The van der Waals surface area contributed by atoms with E-state index in [9.17, 15) is 4.79 Å². The van der Waals surface area contributed by atoms with E-state index >= 15 is 0 Å². The molecule has 20 heavy (non-hydrogen) atoms. The van der Waals surface area contributed by atoms with Crippen molar-refractivity contribution in [1.29, 1.82) is 0 Å². The van der Waals surface area contributed by atoms with Crippen molar-refractivity contribution < 1.29 is 4.79 Å². The van der Waals surface area contributed by atoms with E-state index in [4.69, 9.17) is 5.73 Å². The molecule has 2 saturated heterocycles. The molecule has 2 fully saturated rings. The van der Waals surface area contributed by atoms with E-state index in [0.717, 1.165) is 51.0 Å². The molecule has 0 atom stereocenters. The molecule has 0 aliphatic carbocycles. The van der Waals surface area contributed by atoms with Crippen LogP contribution in [0.25, 0.3) is 0 Å². The molecule has 2 aliphatic rings. The van der Waals surface area contributed by atoms with E-state index in [1.165, 1.54) is 5.56 Å². The van der Waals surface area contributed by atoms with Crippen molar-refractivity contribution in [2.45, 2.75) is 32.2 Å². The van der Waals surface area contributed by atoms with Gasteiger partial charge in [-0.2, -0.15) is 0 Å². The number of hydrogen-bond acceptors (Lipinski definition) is 3. The predicted molar refractivity (Wildman–Crippen MR) is 80.0 cm³/mol. The second kappa shape index (κ2) is 5.44. The lowest BCUT2D eigenvalue weighted by Gasteiger charge is -2.44. The molecule has 3 rings (SSSR count). The second-order valence-corrected chi connectivity index (χ2v) is 6.10. The van der Waals surface area contributed by atoms with Crippen molar-refractivity contribution in [3.63, 3.8) is 0 Å². The minimum Gasteiger partial charge on any atom is -0.399 e. The Morgan fingerprint density at radius 3 is 2.55 bits per heavy atom. The van der Waals surface area contributed by atoms with Crippen LogP contribution in [0.3, 0.4) is 0 Å². The van der Waals surface area contributed by atoms with Gasteiger partial charge in [0.1, 0.15) is 0 Å². The highest BCUT2D eigenvalue weighted by Crippen LogP contribution is 2.39. The zero-order valence-electron chi connectivity index (χ0n) is 11.9. The first-order valence-electron chi connectivity index (χ1n) is 7.54. The summed E-state index contributed by atoms with van der Waals surface area (Å²) in [5, 5.41) is 3.36. The van der Waals surface area contributed by atoms with Gasteiger partial charge in [-0.15, -0.1) is 0 Å². The lowest BCUT2D eigenvalue weighted by atomic mass is 9.72. The zero-order valence-corrected chi connectivity index (χ0v) is 11.9. The maximum absolute atomic E-state index is 12.8. The van der Waals surface area contributed by atoms with Crippen LogP contribution in [-0.4, -0.2) is 30.4 Å². The Morgan fingerprint density at radius 1 is 1.15 bits per heavy atom. The molecule has 1 spiro atoms. The summed E-state index contributed by atoms with van der Waals surface area (Å²) in [6.07, 6.45) is 4.17. The van der Waals surface area contributed by atoms with Gasteiger partial charge in [-0.25, -0.2) is 0 Å². The number of hydrogen-bond donors (Lipinski definition) is 2. The lowest BCUT2D eigenvalue weighted by molar-refractivity contribution is -0.149. The van der Waals surface area contributed by atoms with Crippen molar-refractivity contribution in [1.82, 2.24) is 10.2 Å². The monoisotopic (exact) mass is 273 g/mol. The average molecular weight is 273 g/mol. The van der Waals surface area contributed by atoms with Crippen LogP contribution in [0.15, 0.2) is 24.3 Å². The number of carbonyl (C=O) groups is 1. The summed E-state index contributed by atoms with van der Waals surface area (Å²) in [6, 6.07) is 7.85. The van der Waals surface area contributed by atoms with Gasteiger partial charge < -0.3 is 16.0 Å². The maximum atomic E-state index is 12.8. The number of nitrogens with zero attached hydrogens (tertiary/aromatic N) is 1. The van der Waals surface area contributed by atoms with Crippen molar-refractivity contribution in [3.8, 4) is 0 Å². The molecule has 0 bridgehead atoms. The summed E-state index contributed by atoms with van der Waals surface area (Å²) in [6.45, 7) is 3.55. The molecule has 0 radical (unpaired) electrons. The number of amides is 1. The molecule has 0 unspecified atom stereocenters. The van der Waals surface area contributed by atoms with E-state index in [1.54, 1.807) is 0 Å². The lowest BCUT2D eigenvalue weighted by Crippen LogP contribution is -2.52. The summed E-state index contributed by atoms with van der Waals surface area (Å²) in [5.41, 5.74) is 7.56. The molecule has 0 saturated carbocycles. The fourth-order valence-electron chi connectivity index (χ4n) is 3.52. The van der Waals surface area contributed by atoms with Crippen LogP contribution in [0.1, 0.15) is 31.2 Å². The Balaban J connectivity index is 1.73. The molecule has 3 N–H and O–H groups in total. The van der Waals surface area contributed by atoms with Crippen LogP contribution < -0.4 is 11.1 Å². The third-order valence-electron chi connectivity index (χ3n) is 4.74. The first kappa shape index (κ1) is 13.4. The van der Waals surface area contributed by atoms with Gasteiger partial charge in [0.05, 0.1) is 5.41 Å². The quantitative estimate of drug-likeness (QED) is 0.807. The molecule has 1 aromatic carbocycles. The van der Waals surface area contributed by atoms with Gasteiger partial charge in [0, 0.05) is 18.8 Å². The minimum atomic E-state index is -0.0860. The second-order valence-electron chi connectivity index (χ2n) is 6.10. The highest BCUT2D eigenvalue weighted by molar-refractivity contribution is 5.83. The fraction of sp³-hybridized carbons (Fsp3) is 0.562. The van der Waals surface area contributed by atoms with Gasteiger partial charge in [-0.1, -0.05) is 12.1 Å². The van der Waals surface area contributed by atoms with Gasteiger partial charge in [-0.3, -0.25) is 4.79 Å². The summed E-state index contributed by atoms with van der Waals surface area (Å²) >= 11 is 0. The smallest absolute Gasteiger partial charge is 0.229 e. The Kier molecular flexibility index (Phi) is 3.66.